The van der Waals surface area contributed by atoms with Crippen molar-refractivity contribution in [2.45, 2.75) is 190 Å². The summed E-state index contributed by atoms with van der Waals surface area (Å²) in [6.45, 7) is 15.7. The first kappa shape index (κ1) is 56.8. The van der Waals surface area contributed by atoms with Gasteiger partial charge in [-0.1, -0.05) is 225 Å². The molecule has 11 aromatic carbocycles. The SMILES string of the molecule is CC12CCCCCCC1(C)N(c1ccccc1)c1ccc(-c3cc(-c4ccccc4)c4ccc5c(-c6ccc7c(c6)C6(C)CCCCCCC6(C)N7c6ccccc6)cc(-c6ccc7c(c6)C6(C)CCCCCCC6(C)N7c6ccccc6)c6ccc3c4c56)cc12. The first-order valence-electron chi connectivity index (χ1n) is 35.2. The highest BCUT2D eigenvalue weighted by Crippen LogP contribution is 2.64. The smallest absolute Gasteiger partial charge is 0.0517 e. The van der Waals surface area contributed by atoms with Crippen LogP contribution in [-0.2, 0) is 16.2 Å². The summed E-state index contributed by atoms with van der Waals surface area (Å²) >= 11 is 0. The Morgan fingerprint density at radius 1 is 0.242 bits per heavy atom. The maximum Gasteiger partial charge on any atom is 0.0517 e. The van der Waals surface area contributed by atoms with Gasteiger partial charge in [0.25, 0.3) is 0 Å². The molecule has 0 spiro atoms. The predicted molar refractivity (Wildman–Crippen MR) is 388 cm³/mol. The number of fused-ring (bicyclic) bond motifs is 9. The van der Waals surface area contributed by atoms with Crippen LogP contribution in [0.15, 0.2) is 212 Å². The fourth-order valence-corrected chi connectivity index (χ4v) is 20.3. The third kappa shape index (κ3) is 8.17. The molecule has 3 heteroatoms. The van der Waals surface area contributed by atoms with Gasteiger partial charge in [0, 0.05) is 50.4 Å². The standard InChI is InChI=1S/C88H89N3/c1-83-49-25-7-10-28-52-86(83,4)89(64-33-19-14-20-34-64)78-46-39-61(55-75(78)83)72-58-71(60-31-17-13-18-32-60)67-42-43-69-73(62-40-47-79-76(56-62)84(2)50-26-8-11-29-53-87(84,5)90(79)65-35-21-15-22-36-65)59-74(70-45-44-68(72)81(67)82(69)70)63-41-48-80-77(57-63)85(3)51-27-9-12-30-54-88(85,6)91(80)66-37-23-16-24-38-66/h13-24,31-48,55-59H,7-12,25-30,49-54H2,1-6H3. The molecule has 3 heterocycles. The molecule has 0 amide bonds. The van der Waals surface area contributed by atoms with Crippen LogP contribution in [0.4, 0.5) is 34.1 Å². The molecule has 3 aliphatic heterocycles. The van der Waals surface area contributed by atoms with Crippen molar-refractivity contribution >= 4 is 66.4 Å². The van der Waals surface area contributed by atoms with E-state index in [9.17, 15) is 0 Å². The molecule has 0 aromatic heterocycles. The molecule has 0 bridgehead atoms. The first-order valence-corrected chi connectivity index (χ1v) is 35.2. The van der Waals surface area contributed by atoms with Gasteiger partial charge in [-0.25, -0.2) is 0 Å². The molecule has 6 aliphatic rings. The second kappa shape index (κ2) is 21.2. The van der Waals surface area contributed by atoms with Gasteiger partial charge in [-0.2, -0.15) is 0 Å². The predicted octanol–water partition coefficient (Wildman–Crippen LogP) is 24.8. The first-order chi connectivity index (χ1) is 44.4. The van der Waals surface area contributed by atoms with E-state index >= 15 is 0 Å². The number of anilines is 6. The molecule has 6 unspecified atom stereocenters. The number of hydrogen-bond acceptors (Lipinski definition) is 3. The molecule has 3 fully saturated rings. The van der Waals surface area contributed by atoms with Gasteiger partial charge in [0.15, 0.2) is 0 Å². The maximum atomic E-state index is 2.77. The average Bonchev–Trinajstić information content (AvgIpc) is 1.68. The zero-order chi connectivity index (χ0) is 61.5. The highest BCUT2D eigenvalue weighted by molar-refractivity contribution is 6.32. The van der Waals surface area contributed by atoms with E-state index in [2.05, 4.69) is 269 Å². The molecule has 91 heavy (non-hydrogen) atoms. The molecule has 0 N–H and O–H groups in total. The molecule has 0 saturated heterocycles. The molecule has 11 aromatic rings. The topological polar surface area (TPSA) is 9.72 Å². The van der Waals surface area contributed by atoms with Crippen LogP contribution in [0.3, 0.4) is 0 Å². The highest BCUT2D eigenvalue weighted by atomic mass is 15.3. The summed E-state index contributed by atoms with van der Waals surface area (Å²) < 4.78 is 0. The van der Waals surface area contributed by atoms with E-state index in [-0.39, 0.29) is 32.9 Å². The van der Waals surface area contributed by atoms with Crippen molar-refractivity contribution in [2.75, 3.05) is 14.7 Å². The molecule has 0 radical (unpaired) electrons. The van der Waals surface area contributed by atoms with Crippen molar-refractivity contribution in [1.82, 2.24) is 0 Å². The van der Waals surface area contributed by atoms with Crippen LogP contribution in [0.2, 0.25) is 0 Å². The third-order valence-electron chi connectivity index (χ3n) is 25.8. The molecule has 17 rings (SSSR count). The minimum Gasteiger partial charge on any atom is -0.334 e. The van der Waals surface area contributed by atoms with Crippen molar-refractivity contribution in [3.63, 3.8) is 0 Å². The van der Waals surface area contributed by atoms with E-state index in [1.54, 1.807) is 0 Å². The van der Waals surface area contributed by atoms with Crippen LogP contribution in [0.5, 0.6) is 0 Å². The quantitative estimate of drug-likeness (QED) is 0.147. The van der Waals surface area contributed by atoms with Crippen LogP contribution in [0.25, 0.3) is 76.8 Å². The highest BCUT2D eigenvalue weighted by Gasteiger charge is 2.59. The van der Waals surface area contributed by atoms with Gasteiger partial charge >= 0.3 is 0 Å². The van der Waals surface area contributed by atoms with E-state index in [4.69, 9.17) is 0 Å². The zero-order valence-electron chi connectivity index (χ0n) is 54.8. The number of nitrogens with zero attached hydrogens (tertiary/aromatic N) is 3. The van der Waals surface area contributed by atoms with Gasteiger partial charge in [0.2, 0.25) is 0 Å². The van der Waals surface area contributed by atoms with Crippen LogP contribution in [0.1, 0.15) is 174 Å². The summed E-state index contributed by atoms with van der Waals surface area (Å²) in [4.78, 5) is 8.29. The minimum absolute atomic E-state index is 0.0403. The summed E-state index contributed by atoms with van der Waals surface area (Å²) in [5, 5.41) is 8.05. The van der Waals surface area contributed by atoms with Gasteiger partial charge in [0.1, 0.15) is 0 Å². The number of benzene rings is 11. The van der Waals surface area contributed by atoms with Crippen molar-refractivity contribution in [3.8, 4) is 44.5 Å². The van der Waals surface area contributed by atoms with Crippen LogP contribution in [0, 0.1) is 0 Å². The molecule has 3 aliphatic carbocycles. The second-order valence-electron chi connectivity index (χ2n) is 30.1. The molecular formula is C88H89N3. The zero-order valence-corrected chi connectivity index (χ0v) is 54.8. The van der Waals surface area contributed by atoms with E-state index < -0.39 is 0 Å². The Kier molecular flexibility index (Phi) is 13.2. The lowest BCUT2D eigenvalue weighted by atomic mass is 9.63. The van der Waals surface area contributed by atoms with E-state index in [1.165, 1.54) is 243 Å². The van der Waals surface area contributed by atoms with Crippen LogP contribution < -0.4 is 14.7 Å². The van der Waals surface area contributed by atoms with Crippen molar-refractivity contribution < 1.29 is 0 Å². The van der Waals surface area contributed by atoms with Crippen LogP contribution in [-0.4, -0.2) is 16.6 Å². The van der Waals surface area contributed by atoms with Gasteiger partial charge < -0.3 is 14.7 Å². The number of hydrogen-bond donors (Lipinski definition) is 0. The Morgan fingerprint density at radius 2 is 0.505 bits per heavy atom. The molecule has 3 nitrogen and oxygen atoms in total. The number of para-hydroxylation sites is 3. The Bertz CT molecular complexity index is 4460. The lowest BCUT2D eigenvalue weighted by Gasteiger charge is -2.48. The molecule has 456 valence electrons. The fraction of sp³-hybridized carbons (Fsp3) is 0.341. The lowest BCUT2D eigenvalue weighted by molar-refractivity contribution is 0.218. The second-order valence-corrected chi connectivity index (χ2v) is 30.1. The largest absolute Gasteiger partial charge is 0.334 e. The summed E-state index contributed by atoms with van der Waals surface area (Å²) in [6, 6.07) is 83.8. The number of rotatable bonds is 7. The Morgan fingerprint density at radius 3 is 0.802 bits per heavy atom. The summed E-state index contributed by atoms with van der Waals surface area (Å²) in [6.07, 6.45) is 22.4. The Balaban J connectivity index is 0.942. The van der Waals surface area contributed by atoms with Gasteiger partial charge in [0.05, 0.1) is 16.6 Å². The molecule has 3 saturated carbocycles. The summed E-state index contributed by atoms with van der Waals surface area (Å²) in [5.41, 5.74) is 22.7. The Hall–Kier alpha value is -8.14. The van der Waals surface area contributed by atoms with Gasteiger partial charge in [-0.15, -0.1) is 0 Å². The normalized spacial score (nSPS) is 26.4. The third-order valence-corrected chi connectivity index (χ3v) is 25.8. The summed E-state index contributed by atoms with van der Waals surface area (Å²) in [7, 11) is 0. The van der Waals surface area contributed by atoms with Gasteiger partial charge in [-0.05, 0) is 238 Å². The van der Waals surface area contributed by atoms with Crippen LogP contribution >= 0.6 is 0 Å². The summed E-state index contributed by atoms with van der Waals surface area (Å²) in [5.74, 6) is 0. The van der Waals surface area contributed by atoms with Crippen molar-refractivity contribution in [2.24, 2.45) is 0 Å². The monoisotopic (exact) mass is 1190 g/mol. The lowest BCUT2D eigenvalue weighted by Crippen LogP contribution is -2.53. The Labute approximate surface area is 541 Å². The maximum absolute atomic E-state index is 2.77. The van der Waals surface area contributed by atoms with E-state index in [1.807, 2.05) is 0 Å². The molecule has 6 atom stereocenters. The average molecular weight is 1190 g/mol. The van der Waals surface area contributed by atoms with Crippen molar-refractivity contribution in [3.05, 3.63) is 229 Å². The minimum atomic E-state index is -0.0730. The molecular weight excluding hydrogens is 1100 g/mol. The van der Waals surface area contributed by atoms with E-state index in [0.29, 0.717) is 0 Å². The fourth-order valence-electron chi connectivity index (χ4n) is 20.3. The van der Waals surface area contributed by atoms with E-state index in [0.717, 1.165) is 0 Å². The van der Waals surface area contributed by atoms with Crippen molar-refractivity contribution in [1.29, 1.82) is 0 Å². The van der Waals surface area contributed by atoms with Gasteiger partial charge in [-0.3, -0.25) is 0 Å².